The Labute approximate surface area is 268 Å². The van der Waals surface area contributed by atoms with Crippen LogP contribution in [0.25, 0.3) is 0 Å². The van der Waals surface area contributed by atoms with Gasteiger partial charge in [0.1, 0.15) is 31.5 Å². The summed E-state index contributed by atoms with van der Waals surface area (Å²) in [7, 11) is 0. The van der Waals surface area contributed by atoms with E-state index in [0.717, 1.165) is 55.4 Å². The Morgan fingerprint density at radius 3 is 1.11 bits per heavy atom. The van der Waals surface area contributed by atoms with Crippen LogP contribution in [0.4, 0.5) is 0 Å². The number of carbonyl (C=O) groups is 8. The molecule has 2 aliphatic rings. The highest BCUT2D eigenvalue weighted by Crippen LogP contribution is 2.35. The van der Waals surface area contributed by atoms with Gasteiger partial charge in [0.05, 0.1) is 0 Å². The van der Waals surface area contributed by atoms with Crippen LogP contribution >= 0.6 is 0 Å². The summed E-state index contributed by atoms with van der Waals surface area (Å²) < 4.78 is 60.2. The third-order valence-electron chi connectivity index (χ3n) is 6.17. The molecular formula is C28H38O19. The van der Waals surface area contributed by atoms with Crippen molar-refractivity contribution < 1.29 is 90.5 Å². The van der Waals surface area contributed by atoms with Crippen LogP contribution in [0.2, 0.25) is 0 Å². The molecule has 0 amide bonds. The van der Waals surface area contributed by atoms with Gasteiger partial charge in [-0.15, -0.1) is 0 Å². The first-order valence-electron chi connectivity index (χ1n) is 14.2. The third-order valence-corrected chi connectivity index (χ3v) is 6.17. The summed E-state index contributed by atoms with van der Waals surface area (Å²) in [6.07, 6.45) is -16.3. The van der Waals surface area contributed by atoms with Gasteiger partial charge in [-0.25, -0.2) is 0 Å². The molecular weight excluding hydrogens is 640 g/mol. The van der Waals surface area contributed by atoms with E-state index in [9.17, 15) is 38.4 Å². The van der Waals surface area contributed by atoms with Gasteiger partial charge in [0.15, 0.2) is 30.7 Å². The summed E-state index contributed by atoms with van der Waals surface area (Å²) in [5.41, 5.74) is 0. The Balaban J connectivity index is 2.73. The Morgan fingerprint density at radius 1 is 0.383 bits per heavy atom. The molecule has 6 unspecified atom stereocenters. The van der Waals surface area contributed by atoms with E-state index in [1.54, 1.807) is 0 Å². The van der Waals surface area contributed by atoms with Crippen LogP contribution in [0.15, 0.2) is 0 Å². The Hall–Kier alpha value is -4.36. The zero-order valence-corrected chi connectivity index (χ0v) is 26.9. The van der Waals surface area contributed by atoms with Crippen LogP contribution in [0.5, 0.6) is 0 Å². The molecule has 0 spiro atoms. The SMILES string of the molecule is CC(=O)OCC1O[C@H](O[C@H]2C(COC(C)=O)O[C@H](OC(C)=O)C(OC(C)=O)C2OC(C)=O)C(OC(C)=O)C(OC(C)=O)[C@H]1OC(C)=O. The first kappa shape index (κ1) is 38.8. The first-order valence-corrected chi connectivity index (χ1v) is 14.2. The molecule has 264 valence electrons. The molecule has 10 atom stereocenters. The molecule has 0 aromatic heterocycles. The number of rotatable bonds is 12. The summed E-state index contributed by atoms with van der Waals surface area (Å²) in [5, 5.41) is 0. The largest absolute Gasteiger partial charge is 0.463 e. The highest BCUT2D eigenvalue weighted by atomic mass is 16.8. The maximum absolute atomic E-state index is 12.3. The lowest BCUT2D eigenvalue weighted by atomic mass is 9.96. The van der Waals surface area contributed by atoms with Crippen molar-refractivity contribution in [2.75, 3.05) is 13.2 Å². The second-order valence-electron chi connectivity index (χ2n) is 10.3. The van der Waals surface area contributed by atoms with E-state index in [0.29, 0.717) is 0 Å². The molecule has 0 saturated carbocycles. The Kier molecular flexibility index (Phi) is 14.5. The van der Waals surface area contributed by atoms with Crippen LogP contribution in [0.3, 0.4) is 0 Å². The van der Waals surface area contributed by atoms with Crippen molar-refractivity contribution in [3.05, 3.63) is 0 Å². The van der Waals surface area contributed by atoms with Crippen molar-refractivity contribution in [3.63, 3.8) is 0 Å². The fourth-order valence-electron chi connectivity index (χ4n) is 4.73. The van der Waals surface area contributed by atoms with Gasteiger partial charge in [0.2, 0.25) is 12.4 Å². The highest BCUT2D eigenvalue weighted by Gasteiger charge is 2.58. The van der Waals surface area contributed by atoms with Crippen LogP contribution in [0, 0.1) is 0 Å². The van der Waals surface area contributed by atoms with Gasteiger partial charge < -0.3 is 52.1 Å². The predicted molar refractivity (Wildman–Crippen MR) is 145 cm³/mol. The molecule has 47 heavy (non-hydrogen) atoms. The van der Waals surface area contributed by atoms with E-state index < -0.39 is 122 Å². The van der Waals surface area contributed by atoms with E-state index in [2.05, 4.69) is 0 Å². The molecule has 2 aliphatic heterocycles. The minimum Gasteiger partial charge on any atom is -0.463 e. The summed E-state index contributed by atoms with van der Waals surface area (Å²) in [6.45, 7) is 7.05. The van der Waals surface area contributed by atoms with Crippen molar-refractivity contribution in [1.82, 2.24) is 0 Å². The van der Waals surface area contributed by atoms with Crippen LogP contribution in [-0.4, -0.2) is 122 Å². The average Bonchev–Trinajstić information content (AvgIpc) is 2.91. The Bertz CT molecular complexity index is 1200. The van der Waals surface area contributed by atoms with Gasteiger partial charge in [-0.05, 0) is 0 Å². The number of esters is 8. The van der Waals surface area contributed by atoms with Crippen molar-refractivity contribution >= 4 is 47.8 Å². The molecule has 19 nitrogen and oxygen atoms in total. The van der Waals surface area contributed by atoms with Gasteiger partial charge in [0.25, 0.3) is 0 Å². The summed E-state index contributed by atoms with van der Waals surface area (Å²) in [6, 6.07) is 0. The van der Waals surface area contributed by atoms with Gasteiger partial charge >= 0.3 is 47.8 Å². The van der Waals surface area contributed by atoms with Gasteiger partial charge in [-0.3, -0.25) is 38.4 Å². The molecule has 0 aromatic carbocycles. The van der Waals surface area contributed by atoms with E-state index in [4.69, 9.17) is 52.1 Å². The average molecular weight is 679 g/mol. The minimum atomic E-state index is -1.83. The van der Waals surface area contributed by atoms with E-state index in [1.807, 2.05) is 0 Å². The monoisotopic (exact) mass is 678 g/mol. The van der Waals surface area contributed by atoms with Crippen LogP contribution in [-0.2, 0) is 90.5 Å². The van der Waals surface area contributed by atoms with Crippen molar-refractivity contribution in [2.24, 2.45) is 0 Å². The molecule has 0 bridgehead atoms. The maximum Gasteiger partial charge on any atom is 0.305 e. The highest BCUT2D eigenvalue weighted by molar-refractivity contribution is 5.70. The predicted octanol–water partition coefficient (Wildman–Crippen LogP) is -0.831. The van der Waals surface area contributed by atoms with Gasteiger partial charge in [0, 0.05) is 55.4 Å². The smallest absolute Gasteiger partial charge is 0.305 e. The lowest BCUT2D eigenvalue weighted by Crippen LogP contribution is -2.67. The van der Waals surface area contributed by atoms with E-state index in [1.165, 1.54) is 0 Å². The fraction of sp³-hybridized carbons (Fsp3) is 0.714. The van der Waals surface area contributed by atoms with Crippen molar-refractivity contribution in [3.8, 4) is 0 Å². The number of ether oxygens (including phenoxy) is 11. The lowest BCUT2D eigenvalue weighted by Gasteiger charge is -2.48. The molecule has 2 heterocycles. The quantitative estimate of drug-likeness (QED) is 0.181. The number of hydrogen-bond donors (Lipinski definition) is 0. The molecule has 0 aliphatic carbocycles. The van der Waals surface area contributed by atoms with E-state index in [-0.39, 0.29) is 0 Å². The molecule has 2 rings (SSSR count). The standard InChI is InChI=1S/C28H38O19/c1-11(29)37-9-19-21(39-13(3)31)23(40-14(4)32)26(43-17(7)35)28(46-19)47-22-20(10-38-12(2)30)45-27(44-18(8)36)25(42-16(6)34)24(22)41-15(5)33/h19-28H,9-10H2,1-8H3/t19?,20?,21-,22-,23?,24?,25?,26?,27-,28+/m0/s1. The zero-order chi connectivity index (χ0) is 35.6. The summed E-state index contributed by atoms with van der Waals surface area (Å²) in [5.74, 6) is -7.02. The molecule has 0 N–H and O–H groups in total. The molecule has 2 fully saturated rings. The fourth-order valence-corrected chi connectivity index (χ4v) is 4.73. The second kappa shape index (κ2) is 17.5. The number of carbonyl (C=O) groups excluding carboxylic acids is 8. The Morgan fingerprint density at radius 2 is 0.702 bits per heavy atom. The number of hydrogen-bond acceptors (Lipinski definition) is 19. The van der Waals surface area contributed by atoms with Crippen LogP contribution in [0.1, 0.15) is 55.4 Å². The zero-order valence-electron chi connectivity index (χ0n) is 26.9. The molecule has 2 saturated heterocycles. The third kappa shape index (κ3) is 12.1. The van der Waals surface area contributed by atoms with Gasteiger partial charge in [-0.2, -0.15) is 0 Å². The normalized spacial score (nSPS) is 30.0. The maximum atomic E-state index is 12.3. The molecule has 0 radical (unpaired) electrons. The minimum absolute atomic E-state index is 0.590. The lowest BCUT2D eigenvalue weighted by molar-refractivity contribution is -0.357. The van der Waals surface area contributed by atoms with Gasteiger partial charge in [-0.1, -0.05) is 0 Å². The molecule has 0 aromatic rings. The van der Waals surface area contributed by atoms with E-state index >= 15 is 0 Å². The topological polar surface area (TPSA) is 238 Å². The molecule has 19 heteroatoms. The second-order valence-corrected chi connectivity index (χ2v) is 10.3. The summed E-state index contributed by atoms with van der Waals surface area (Å²) >= 11 is 0. The first-order chi connectivity index (χ1) is 21.9. The van der Waals surface area contributed by atoms with Crippen molar-refractivity contribution in [2.45, 2.75) is 117 Å². The summed E-state index contributed by atoms with van der Waals surface area (Å²) in [4.78, 5) is 96.3. The van der Waals surface area contributed by atoms with Crippen molar-refractivity contribution in [1.29, 1.82) is 0 Å². The van der Waals surface area contributed by atoms with Crippen LogP contribution < -0.4 is 0 Å².